The predicted molar refractivity (Wildman–Crippen MR) is 77.6 cm³/mol. The molecule has 1 unspecified atom stereocenters. The van der Waals surface area contributed by atoms with Crippen molar-refractivity contribution in [2.45, 2.75) is 26.5 Å². The van der Waals surface area contributed by atoms with E-state index in [4.69, 9.17) is 0 Å². The largest absolute Gasteiger partial charge is 0.435 e. The van der Waals surface area contributed by atoms with Crippen molar-refractivity contribution in [3.63, 3.8) is 0 Å². The first-order valence-electron chi connectivity index (χ1n) is 6.44. The summed E-state index contributed by atoms with van der Waals surface area (Å²) in [6, 6.07) is 8.92. The van der Waals surface area contributed by atoms with Crippen molar-refractivity contribution < 1.29 is 13.5 Å². The number of ether oxygens (including phenoxy) is 1. The van der Waals surface area contributed by atoms with E-state index in [9.17, 15) is 8.78 Å². The third-order valence-electron chi connectivity index (χ3n) is 3.03. The molecule has 2 nitrogen and oxygen atoms in total. The summed E-state index contributed by atoms with van der Waals surface area (Å²) in [4.78, 5) is 1.22. The van der Waals surface area contributed by atoms with Gasteiger partial charge in [0, 0.05) is 4.88 Å². The highest BCUT2D eigenvalue weighted by Crippen LogP contribution is 2.30. The number of aryl methyl sites for hydroxylation is 1. The maximum atomic E-state index is 12.3. The summed E-state index contributed by atoms with van der Waals surface area (Å²) in [5.41, 5.74) is 2.09. The minimum absolute atomic E-state index is 0.00697. The monoisotopic (exact) mass is 297 g/mol. The molecule has 1 heterocycles. The van der Waals surface area contributed by atoms with Gasteiger partial charge in [0.1, 0.15) is 5.75 Å². The lowest BCUT2D eigenvalue weighted by Gasteiger charge is -2.19. The van der Waals surface area contributed by atoms with Crippen LogP contribution in [0.4, 0.5) is 8.78 Å². The Morgan fingerprint density at radius 2 is 2.10 bits per heavy atom. The fourth-order valence-corrected chi connectivity index (χ4v) is 2.92. The molecule has 1 aromatic heterocycles. The van der Waals surface area contributed by atoms with Gasteiger partial charge in [-0.1, -0.05) is 19.1 Å². The predicted octanol–water partition coefficient (Wildman–Crippen LogP) is 4.36. The summed E-state index contributed by atoms with van der Waals surface area (Å²) < 4.78 is 29.1. The Hall–Kier alpha value is -1.46. The Balaban J connectivity index is 2.32. The molecule has 0 spiro atoms. The van der Waals surface area contributed by atoms with Gasteiger partial charge in [0.05, 0.1) is 6.04 Å². The number of rotatable bonds is 6. The molecule has 0 bridgehead atoms. The topological polar surface area (TPSA) is 21.3 Å². The zero-order valence-corrected chi connectivity index (χ0v) is 12.2. The van der Waals surface area contributed by atoms with Crippen LogP contribution in [0.3, 0.4) is 0 Å². The van der Waals surface area contributed by atoms with Crippen molar-refractivity contribution in [2.75, 3.05) is 6.54 Å². The van der Waals surface area contributed by atoms with Crippen LogP contribution in [0.1, 0.15) is 29.0 Å². The van der Waals surface area contributed by atoms with E-state index >= 15 is 0 Å². The summed E-state index contributed by atoms with van der Waals surface area (Å²) in [5, 5.41) is 5.42. The number of hydrogen-bond donors (Lipinski definition) is 1. The van der Waals surface area contributed by atoms with Gasteiger partial charge in [-0.15, -0.1) is 11.3 Å². The van der Waals surface area contributed by atoms with Crippen molar-refractivity contribution in [1.29, 1.82) is 0 Å². The Morgan fingerprint density at radius 3 is 2.70 bits per heavy atom. The third kappa shape index (κ3) is 3.55. The average molecular weight is 297 g/mol. The number of hydrogen-bond acceptors (Lipinski definition) is 3. The molecular formula is C15H17F2NOS. The third-order valence-corrected chi connectivity index (χ3v) is 3.90. The Morgan fingerprint density at radius 1 is 1.30 bits per heavy atom. The van der Waals surface area contributed by atoms with E-state index in [1.807, 2.05) is 18.4 Å². The van der Waals surface area contributed by atoms with Gasteiger partial charge in [-0.25, -0.2) is 0 Å². The second-order valence-electron chi connectivity index (χ2n) is 4.37. The van der Waals surface area contributed by atoms with Crippen LogP contribution in [-0.4, -0.2) is 13.2 Å². The SMILES string of the molecule is CCNC(c1cccc(OC(F)F)c1)c1ccsc1C. The minimum atomic E-state index is -2.80. The van der Waals surface area contributed by atoms with Crippen molar-refractivity contribution >= 4 is 11.3 Å². The van der Waals surface area contributed by atoms with Crippen LogP contribution >= 0.6 is 11.3 Å². The molecule has 1 atom stereocenters. The molecule has 108 valence electrons. The second kappa shape index (κ2) is 6.81. The maximum absolute atomic E-state index is 12.3. The molecule has 0 saturated heterocycles. The smallest absolute Gasteiger partial charge is 0.387 e. The molecule has 1 N–H and O–H groups in total. The number of benzene rings is 1. The van der Waals surface area contributed by atoms with Gasteiger partial charge >= 0.3 is 6.61 Å². The van der Waals surface area contributed by atoms with E-state index in [1.165, 1.54) is 10.4 Å². The molecule has 5 heteroatoms. The van der Waals surface area contributed by atoms with Crippen LogP contribution in [0.5, 0.6) is 5.75 Å². The highest BCUT2D eigenvalue weighted by molar-refractivity contribution is 7.10. The Labute approximate surface area is 121 Å². The van der Waals surface area contributed by atoms with E-state index in [2.05, 4.69) is 23.0 Å². The van der Waals surface area contributed by atoms with Crippen molar-refractivity contribution in [2.24, 2.45) is 0 Å². The normalized spacial score (nSPS) is 12.7. The van der Waals surface area contributed by atoms with Crippen molar-refractivity contribution in [3.8, 4) is 5.75 Å². The van der Waals surface area contributed by atoms with Gasteiger partial charge in [0.2, 0.25) is 0 Å². The zero-order valence-electron chi connectivity index (χ0n) is 11.4. The van der Waals surface area contributed by atoms with Crippen LogP contribution < -0.4 is 10.1 Å². The summed E-state index contributed by atoms with van der Waals surface area (Å²) in [7, 11) is 0. The summed E-state index contributed by atoms with van der Waals surface area (Å²) in [6.45, 7) is 2.07. The molecule has 0 aliphatic rings. The van der Waals surface area contributed by atoms with E-state index in [-0.39, 0.29) is 11.8 Å². The molecule has 20 heavy (non-hydrogen) atoms. The molecule has 0 fully saturated rings. The number of halogens is 2. The van der Waals surface area contributed by atoms with Gasteiger partial charge in [0.15, 0.2) is 0 Å². The number of thiophene rings is 1. The van der Waals surface area contributed by atoms with Crippen LogP contribution in [-0.2, 0) is 0 Å². The van der Waals surface area contributed by atoms with Crippen molar-refractivity contribution in [1.82, 2.24) is 5.32 Å². The first-order chi connectivity index (χ1) is 9.61. The van der Waals surface area contributed by atoms with E-state index in [0.29, 0.717) is 0 Å². The minimum Gasteiger partial charge on any atom is -0.435 e. The lowest BCUT2D eigenvalue weighted by molar-refractivity contribution is -0.0498. The summed E-state index contributed by atoms with van der Waals surface area (Å²) in [5.74, 6) is 0.188. The molecule has 1 aromatic carbocycles. The van der Waals surface area contributed by atoms with Gasteiger partial charge in [-0.2, -0.15) is 8.78 Å². The molecule has 2 rings (SSSR count). The van der Waals surface area contributed by atoms with Gasteiger partial charge in [0.25, 0.3) is 0 Å². The molecule has 0 amide bonds. The molecule has 0 saturated carbocycles. The Bertz CT molecular complexity index is 556. The summed E-state index contributed by atoms with van der Waals surface area (Å²) in [6.07, 6.45) is 0. The summed E-state index contributed by atoms with van der Waals surface area (Å²) >= 11 is 1.68. The standard InChI is InChI=1S/C15H17F2NOS/c1-3-18-14(13-7-8-20-10(13)2)11-5-4-6-12(9-11)19-15(16)17/h4-9,14-15,18H,3H2,1-2H3. The van der Waals surface area contributed by atoms with Gasteiger partial charge in [-0.05, 0) is 48.2 Å². The second-order valence-corrected chi connectivity index (χ2v) is 5.49. The number of alkyl halides is 2. The van der Waals surface area contributed by atoms with Crippen LogP contribution in [0, 0.1) is 6.92 Å². The van der Waals surface area contributed by atoms with Crippen molar-refractivity contribution in [3.05, 3.63) is 51.7 Å². The fourth-order valence-electron chi connectivity index (χ4n) is 2.18. The molecular weight excluding hydrogens is 280 g/mol. The van der Waals surface area contributed by atoms with E-state index in [0.717, 1.165) is 12.1 Å². The van der Waals surface area contributed by atoms with Gasteiger partial charge < -0.3 is 10.1 Å². The first-order valence-corrected chi connectivity index (χ1v) is 7.32. The van der Waals surface area contributed by atoms with Crippen LogP contribution in [0.2, 0.25) is 0 Å². The van der Waals surface area contributed by atoms with E-state index < -0.39 is 6.61 Å². The van der Waals surface area contributed by atoms with Gasteiger partial charge in [-0.3, -0.25) is 0 Å². The maximum Gasteiger partial charge on any atom is 0.387 e. The fraction of sp³-hybridized carbons (Fsp3) is 0.333. The molecule has 0 aliphatic carbocycles. The zero-order chi connectivity index (χ0) is 14.5. The molecule has 2 aromatic rings. The number of nitrogens with one attached hydrogen (secondary N) is 1. The lowest BCUT2D eigenvalue weighted by Crippen LogP contribution is -2.22. The van der Waals surface area contributed by atoms with Crippen LogP contribution in [0.15, 0.2) is 35.7 Å². The first kappa shape index (κ1) is 14.9. The molecule has 0 radical (unpaired) electrons. The quantitative estimate of drug-likeness (QED) is 0.855. The highest BCUT2D eigenvalue weighted by Gasteiger charge is 2.17. The van der Waals surface area contributed by atoms with Crippen LogP contribution in [0.25, 0.3) is 0 Å². The lowest BCUT2D eigenvalue weighted by atomic mass is 9.99. The highest BCUT2D eigenvalue weighted by atomic mass is 32.1. The Kier molecular flexibility index (Phi) is 5.09. The molecule has 0 aliphatic heterocycles. The average Bonchev–Trinajstić information content (AvgIpc) is 2.81. The van der Waals surface area contributed by atoms with E-state index in [1.54, 1.807) is 29.5 Å².